The predicted molar refractivity (Wildman–Crippen MR) is 72.5 cm³/mol. The Balaban J connectivity index is 5.02. The van der Waals surface area contributed by atoms with Crippen molar-refractivity contribution in [3.05, 3.63) is 0 Å². The number of carbonyl (C=O) groups is 2. The molecule has 0 heterocycles. The lowest BCUT2D eigenvalue weighted by molar-refractivity contribution is -0.109. The number of hydrogen-bond acceptors (Lipinski definition) is 3. The van der Waals surface area contributed by atoms with Gasteiger partial charge < -0.3 is 14.4 Å². The third-order valence-corrected chi connectivity index (χ3v) is 2.66. The van der Waals surface area contributed by atoms with Crippen molar-refractivity contribution in [3.8, 4) is 0 Å². The maximum atomic E-state index is 12.1. The van der Waals surface area contributed by atoms with Crippen LogP contribution in [-0.2, 0) is 9.53 Å². The zero-order valence-corrected chi connectivity index (χ0v) is 12.7. The van der Waals surface area contributed by atoms with E-state index in [9.17, 15) is 9.59 Å². The minimum atomic E-state index is -0.520. The highest BCUT2D eigenvalue weighted by Crippen LogP contribution is 2.27. The van der Waals surface area contributed by atoms with Crippen LogP contribution in [0.4, 0.5) is 4.79 Å². The van der Waals surface area contributed by atoms with Gasteiger partial charge in [0, 0.05) is 19.0 Å². The standard InChI is InChI=1S/C14H27NO3/c1-8-15(12(17)18-14(5,6)7)11(9-10-16)13(2,3)4/h10-11H,8-9H2,1-7H3. The van der Waals surface area contributed by atoms with Crippen molar-refractivity contribution in [2.24, 2.45) is 5.41 Å². The van der Waals surface area contributed by atoms with E-state index < -0.39 is 5.60 Å². The molecule has 1 unspecified atom stereocenters. The highest BCUT2D eigenvalue weighted by molar-refractivity contribution is 5.69. The number of rotatable bonds is 4. The SMILES string of the molecule is CCN(C(=O)OC(C)(C)C)C(CC=O)C(C)(C)C. The first kappa shape index (κ1) is 16.9. The second-order valence-electron chi connectivity index (χ2n) is 6.55. The number of hydrogen-bond donors (Lipinski definition) is 0. The van der Waals surface area contributed by atoms with Gasteiger partial charge in [0.15, 0.2) is 0 Å². The third kappa shape index (κ3) is 5.52. The van der Waals surface area contributed by atoms with Crippen LogP contribution >= 0.6 is 0 Å². The molecule has 4 nitrogen and oxygen atoms in total. The smallest absolute Gasteiger partial charge is 0.410 e. The summed E-state index contributed by atoms with van der Waals surface area (Å²) in [6.45, 7) is 14.0. The van der Waals surface area contributed by atoms with Crippen molar-refractivity contribution in [2.75, 3.05) is 6.54 Å². The fourth-order valence-electron chi connectivity index (χ4n) is 1.84. The molecule has 0 aliphatic rings. The van der Waals surface area contributed by atoms with Crippen LogP contribution in [0.3, 0.4) is 0 Å². The highest BCUT2D eigenvalue weighted by Gasteiger charge is 2.34. The molecular formula is C14H27NO3. The Morgan fingerprint density at radius 2 is 1.72 bits per heavy atom. The minimum absolute atomic E-state index is 0.144. The van der Waals surface area contributed by atoms with Gasteiger partial charge >= 0.3 is 6.09 Å². The summed E-state index contributed by atoms with van der Waals surface area (Å²) in [5.74, 6) is 0. The molecule has 0 aliphatic heterocycles. The molecule has 0 bridgehead atoms. The normalized spacial score (nSPS) is 13.9. The summed E-state index contributed by atoms with van der Waals surface area (Å²) in [5.41, 5.74) is -0.679. The number of amides is 1. The van der Waals surface area contributed by atoms with Crippen LogP contribution in [0.2, 0.25) is 0 Å². The molecule has 1 amide bonds. The largest absolute Gasteiger partial charge is 0.444 e. The summed E-state index contributed by atoms with van der Waals surface area (Å²) < 4.78 is 5.38. The quantitative estimate of drug-likeness (QED) is 0.726. The second kappa shape index (κ2) is 6.21. The van der Waals surface area contributed by atoms with E-state index >= 15 is 0 Å². The van der Waals surface area contributed by atoms with Crippen molar-refractivity contribution in [1.82, 2.24) is 4.90 Å². The summed E-state index contributed by atoms with van der Waals surface area (Å²) in [5, 5.41) is 0. The first-order chi connectivity index (χ1) is 8.03. The summed E-state index contributed by atoms with van der Waals surface area (Å²) >= 11 is 0. The fourth-order valence-corrected chi connectivity index (χ4v) is 1.84. The Bertz CT molecular complexity index is 286. The van der Waals surface area contributed by atoms with Gasteiger partial charge in [-0.1, -0.05) is 20.8 Å². The Morgan fingerprint density at radius 1 is 1.22 bits per heavy atom. The minimum Gasteiger partial charge on any atom is -0.444 e. The third-order valence-electron chi connectivity index (χ3n) is 2.66. The number of nitrogens with zero attached hydrogens (tertiary/aromatic N) is 1. The lowest BCUT2D eigenvalue weighted by Gasteiger charge is -2.39. The average Bonchev–Trinajstić information content (AvgIpc) is 2.13. The van der Waals surface area contributed by atoms with Gasteiger partial charge in [0.1, 0.15) is 11.9 Å². The van der Waals surface area contributed by atoms with E-state index in [1.807, 2.05) is 48.5 Å². The fraction of sp³-hybridized carbons (Fsp3) is 0.857. The number of ether oxygens (including phenoxy) is 1. The van der Waals surface area contributed by atoms with Crippen LogP contribution in [0.5, 0.6) is 0 Å². The second-order valence-corrected chi connectivity index (χ2v) is 6.55. The van der Waals surface area contributed by atoms with Gasteiger partial charge in [0.05, 0.1) is 0 Å². The maximum absolute atomic E-state index is 12.1. The molecule has 0 spiro atoms. The zero-order chi connectivity index (χ0) is 14.6. The van der Waals surface area contributed by atoms with Crippen LogP contribution in [0.15, 0.2) is 0 Å². The first-order valence-corrected chi connectivity index (χ1v) is 6.46. The van der Waals surface area contributed by atoms with Gasteiger partial charge in [-0.15, -0.1) is 0 Å². The molecule has 0 aromatic rings. The molecule has 0 radical (unpaired) electrons. The molecule has 0 aromatic carbocycles. The van der Waals surface area contributed by atoms with E-state index in [-0.39, 0.29) is 17.6 Å². The molecule has 0 saturated carbocycles. The molecule has 0 fully saturated rings. The van der Waals surface area contributed by atoms with E-state index in [2.05, 4.69) is 0 Å². The van der Waals surface area contributed by atoms with Crippen LogP contribution in [0.25, 0.3) is 0 Å². The molecule has 18 heavy (non-hydrogen) atoms. The molecule has 0 aromatic heterocycles. The average molecular weight is 257 g/mol. The Labute approximate surface area is 111 Å². The predicted octanol–water partition coefficient (Wildman–Crippen LogP) is 3.25. The molecule has 1 atom stereocenters. The maximum Gasteiger partial charge on any atom is 0.410 e. The monoisotopic (exact) mass is 257 g/mol. The highest BCUT2D eigenvalue weighted by atomic mass is 16.6. The molecule has 106 valence electrons. The van der Waals surface area contributed by atoms with Gasteiger partial charge in [0.25, 0.3) is 0 Å². The van der Waals surface area contributed by atoms with Crippen molar-refractivity contribution in [1.29, 1.82) is 0 Å². The van der Waals surface area contributed by atoms with Gasteiger partial charge in [0.2, 0.25) is 0 Å². The van der Waals surface area contributed by atoms with Crippen molar-refractivity contribution < 1.29 is 14.3 Å². The van der Waals surface area contributed by atoms with Gasteiger partial charge in [-0.25, -0.2) is 4.79 Å². The summed E-state index contributed by atoms with van der Waals surface area (Å²) in [7, 11) is 0. The van der Waals surface area contributed by atoms with Crippen LogP contribution < -0.4 is 0 Å². The zero-order valence-electron chi connectivity index (χ0n) is 12.7. The summed E-state index contributed by atoms with van der Waals surface area (Å²) in [6.07, 6.45) is 0.839. The van der Waals surface area contributed by atoms with Crippen molar-refractivity contribution in [3.63, 3.8) is 0 Å². The van der Waals surface area contributed by atoms with Gasteiger partial charge in [-0.3, -0.25) is 0 Å². The van der Waals surface area contributed by atoms with Crippen LogP contribution in [-0.4, -0.2) is 35.5 Å². The molecule has 4 heteroatoms. The Kier molecular flexibility index (Phi) is 5.84. The van der Waals surface area contributed by atoms with Crippen molar-refractivity contribution in [2.45, 2.75) is 66.5 Å². The van der Waals surface area contributed by atoms with Gasteiger partial charge in [-0.2, -0.15) is 0 Å². The topological polar surface area (TPSA) is 46.6 Å². The van der Waals surface area contributed by atoms with E-state index in [1.165, 1.54) is 0 Å². The van der Waals surface area contributed by atoms with Crippen molar-refractivity contribution >= 4 is 12.4 Å². The molecule has 0 N–H and O–H groups in total. The van der Waals surface area contributed by atoms with E-state index in [0.29, 0.717) is 13.0 Å². The Morgan fingerprint density at radius 3 is 2.00 bits per heavy atom. The number of aldehydes is 1. The van der Waals surface area contributed by atoms with E-state index in [1.54, 1.807) is 4.90 Å². The molecule has 0 saturated heterocycles. The van der Waals surface area contributed by atoms with Gasteiger partial charge in [-0.05, 0) is 33.1 Å². The van der Waals surface area contributed by atoms with E-state index in [4.69, 9.17) is 4.74 Å². The van der Waals surface area contributed by atoms with Crippen LogP contribution in [0, 0.1) is 5.41 Å². The number of carbonyl (C=O) groups excluding carboxylic acids is 2. The molecular weight excluding hydrogens is 230 g/mol. The van der Waals surface area contributed by atoms with E-state index in [0.717, 1.165) is 6.29 Å². The Hall–Kier alpha value is -1.06. The molecule has 0 rings (SSSR count). The van der Waals surface area contributed by atoms with Crippen LogP contribution in [0.1, 0.15) is 54.9 Å². The molecule has 0 aliphatic carbocycles. The summed E-state index contributed by atoms with van der Waals surface area (Å²) in [4.78, 5) is 24.6. The lowest BCUT2D eigenvalue weighted by atomic mass is 9.84. The summed E-state index contributed by atoms with van der Waals surface area (Å²) in [6, 6.07) is -0.144. The lowest BCUT2D eigenvalue weighted by Crippen LogP contribution is -2.49. The first-order valence-electron chi connectivity index (χ1n) is 6.46.